The van der Waals surface area contributed by atoms with Crippen LogP contribution in [0.3, 0.4) is 0 Å². The van der Waals surface area contributed by atoms with Gasteiger partial charge in [-0.1, -0.05) is 16.8 Å². The first-order valence-corrected chi connectivity index (χ1v) is 6.75. The Kier molecular flexibility index (Phi) is 3.35. The summed E-state index contributed by atoms with van der Waals surface area (Å²) in [6.07, 6.45) is 0. The molecule has 0 saturated heterocycles. The first kappa shape index (κ1) is 13.6. The van der Waals surface area contributed by atoms with Crippen LogP contribution in [0, 0.1) is 13.8 Å². The summed E-state index contributed by atoms with van der Waals surface area (Å²) >= 11 is 5.99. The third-order valence-corrected chi connectivity index (χ3v) is 3.15. The van der Waals surface area contributed by atoms with E-state index in [4.69, 9.17) is 21.9 Å². The maximum Gasteiger partial charge on any atom is 0.258 e. The summed E-state index contributed by atoms with van der Waals surface area (Å²) in [5.41, 5.74) is 9.69. The molecule has 2 N–H and O–H groups in total. The molecule has 6 heteroatoms. The third kappa shape index (κ3) is 2.87. The summed E-state index contributed by atoms with van der Waals surface area (Å²) in [7, 11) is 0. The molecule has 3 rings (SSSR count). The standard InChI is InChI=1S/C15H13ClN4O/c1-8-3-10(4-9(2)18-8)14-19-15(21-20-14)11-5-12(16)7-13(17)6-11/h3-7H,17H2,1-2H3. The Morgan fingerprint density at radius 3 is 2.33 bits per heavy atom. The molecule has 0 amide bonds. The van der Waals surface area contributed by atoms with Crippen molar-refractivity contribution in [1.29, 1.82) is 0 Å². The van der Waals surface area contributed by atoms with Crippen LogP contribution in [0.2, 0.25) is 5.02 Å². The zero-order valence-electron chi connectivity index (χ0n) is 11.6. The lowest BCUT2D eigenvalue weighted by atomic mass is 10.2. The molecule has 0 aliphatic rings. The van der Waals surface area contributed by atoms with Gasteiger partial charge in [0.2, 0.25) is 5.82 Å². The summed E-state index contributed by atoms with van der Waals surface area (Å²) in [5, 5.41) is 4.53. The number of rotatable bonds is 2. The zero-order chi connectivity index (χ0) is 15.0. The molecule has 0 saturated carbocycles. The van der Waals surface area contributed by atoms with E-state index in [2.05, 4.69) is 15.1 Å². The van der Waals surface area contributed by atoms with Gasteiger partial charge in [0, 0.05) is 33.2 Å². The van der Waals surface area contributed by atoms with E-state index in [0.29, 0.717) is 28.0 Å². The highest BCUT2D eigenvalue weighted by molar-refractivity contribution is 6.31. The Morgan fingerprint density at radius 2 is 1.67 bits per heavy atom. The summed E-state index contributed by atoms with van der Waals surface area (Å²) < 4.78 is 5.30. The molecule has 1 aromatic carbocycles. The van der Waals surface area contributed by atoms with Gasteiger partial charge in [-0.3, -0.25) is 4.98 Å². The lowest BCUT2D eigenvalue weighted by Crippen LogP contribution is -1.89. The Balaban J connectivity index is 2.03. The van der Waals surface area contributed by atoms with Crippen molar-refractivity contribution in [1.82, 2.24) is 15.1 Å². The minimum Gasteiger partial charge on any atom is -0.399 e. The van der Waals surface area contributed by atoms with Crippen molar-refractivity contribution in [2.75, 3.05) is 5.73 Å². The number of hydrogen-bond acceptors (Lipinski definition) is 5. The largest absolute Gasteiger partial charge is 0.399 e. The normalized spacial score (nSPS) is 10.8. The molecule has 2 aromatic heterocycles. The van der Waals surface area contributed by atoms with Crippen molar-refractivity contribution in [3.63, 3.8) is 0 Å². The van der Waals surface area contributed by atoms with E-state index in [1.54, 1.807) is 18.2 Å². The maximum atomic E-state index is 5.99. The lowest BCUT2D eigenvalue weighted by molar-refractivity contribution is 0.432. The predicted molar refractivity (Wildman–Crippen MR) is 81.9 cm³/mol. The molecule has 2 heterocycles. The Hall–Kier alpha value is -2.40. The minimum absolute atomic E-state index is 0.381. The van der Waals surface area contributed by atoms with Gasteiger partial charge < -0.3 is 10.3 Å². The summed E-state index contributed by atoms with van der Waals surface area (Å²) in [4.78, 5) is 8.72. The van der Waals surface area contributed by atoms with Gasteiger partial charge in [-0.15, -0.1) is 0 Å². The maximum absolute atomic E-state index is 5.99. The highest BCUT2D eigenvalue weighted by Gasteiger charge is 2.12. The van der Waals surface area contributed by atoms with Crippen LogP contribution in [0.15, 0.2) is 34.9 Å². The van der Waals surface area contributed by atoms with Crippen LogP contribution in [0.25, 0.3) is 22.8 Å². The van der Waals surface area contributed by atoms with Crippen molar-refractivity contribution in [3.8, 4) is 22.8 Å². The van der Waals surface area contributed by atoms with E-state index >= 15 is 0 Å². The molecule has 0 radical (unpaired) electrons. The Labute approximate surface area is 126 Å². The number of aromatic nitrogens is 3. The van der Waals surface area contributed by atoms with Crippen LogP contribution in [0.4, 0.5) is 5.69 Å². The van der Waals surface area contributed by atoms with Crippen LogP contribution < -0.4 is 5.73 Å². The molecule has 106 valence electrons. The monoisotopic (exact) mass is 300 g/mol. The molecular formula is C15H13ClN4O. The number of nitrogen functional groups attached to an aromatic ring is 1. The number of halogens is 1. The highest BCUT2D eigenvalue weighted by atomic mass is 35.5. The van der Waals surface area contributed by atoms with E-state index < -0.39 is 0 Å². The van der Waals surface area contributed by atoms with Crippen LogP contribution in [-0.4, -0.2) is 15.1 Å². The molecule has 0 atom stereocenters. The quantitative estimate of drug-likeness (QED) is 0.731. The molecule has 5 nitrogen and oxygen atoms in total. The Morgan fingerprint density at radius 1 is 0.952 bits per heavy atom. The number of anilines is 1. The second-order valence-corrected chi connectivity index (χ2v) is 5.27. The fraction of sp³-hybridized carbons (Fsp3) is 0.133. The number of aryl methyl sites for hydroxylation is 2. The van der Waals surface area contributed by atoms with E-state index in [0.717, 1.165) is 17.0 Å². The number of nitrogens with zero attached hydrogens (tertiary/aromatic N) is 3. The van der Waals surface area contributed by atoms with E-state index in [9.17, 15) is 0 Å². The second-order valence-electron chi connectivity index (χ2n) is 4.83. The topological polar surface area (TPSA) is 77.8 Å². The second kappa shape index (κ2) is 5.18. The molecule has 0 fully saturated rings. The molecule has 0 unspecified atom stereocenters. The van der Waals surface area contributed by atoms with Crippen LogP contribution in [0.5, 0.6) is 0 Å². The highest BCUT2D eigenvalue weighted by Crippen LogP contribution is 2.27. The van der Waals surface area contributed by atoms with Gasteiger partial charge in [0.15, 0.2) is 0 Å². The molecular weight excluding hydrogens is 288 g/mol. The minimum atomic E-state index is 0.381. The first-order valence-electron chi connectivity index (χ1n) is 6.37. The fourth-order valence-electron chi connectivity index (χ4n) is 2.16. The molecule has 0 aliphatic heterocycles. The smallest absolute Gasteiger partial charge is 0.258 e. The summed E-state index contributed by atoms with van der Waals surface area (Å²) in [6.45, 7) is 3.85. The van der Waals surface area contributed by atoms with Gasteiger partial charge in [0.1, 0.15) is 0 Å². The molecule has 21 heavy (non-hydrogen) atoms. The molecule has 0 bridgehead atoms. The van der Waals surface area contributed by atoms with Gasteiger partial charge in [0.25, 0.3) is 5.89 Å². The van der Waals surface area contributed by atoms with Gasteiger partial charge in [-0.25, -0.2) is 0 Å². The number of benzene rings is 1. The van der Waals surface area contributed by atoms with Crippen molar-refractivity contribution >= 4 is 17.3 Å². The molecule has 3 aromatic rings. The van der Waals surface area contributed by atoms with Crippen LogP contribution in [-0.2, 0) is 0 Å². The third-order valence-electron chi connectivity index (χ3n) is 2.93. The zero-order valence-corrected chi connectivity index (χ0v) is 12.3. The predicted octanol–water partition coefficient (Wildman–Crippen LogP) is 3.65. The van der Waals surface area contributed by atoms with Crippen LogP contribution >= 0.6 is 11.6 Å². The van der Waals surface area contributed by atoms with Crippen molar-refractivity contribution < 1.29 is 4.52 Å². The average molecular weight is 301 g/mol. The van der Waals surface area contributed by atoms with Gasteiger partial charge in [0.05, 0.1) is 0 Å². The molecule has 0 spiro atoms. The van der Waals surface area contributed by atoms with Crippen LogP contribution in [0.1, 0.15) is 11.4 Å². The first-order chi connectivity index (χ1) is 10.0. The van der Waals surface area contributed by atoms with Crippen molar-refractivity contribution in [2.24, 2.45) is 0 Å². The van der Waals surface area contributed by atoms with Crippen molar-refractivity contribution in [2.45, 2.75) is 13.8 Å². The Bertz CT molecular complexity index is 707. The van der Waals surface area contributed by atoms with Gasteiger partial charge in [-0.05, 0) is 44.2 Å². The summed E-state index contributed by atoms with van der Waals surface area (Å²) in [5.74, 6) is 0.892. The van der Waals surface area contributed by atoms with E-state index in [1.165, 1.54) is 0 Å². The number of hydrogen-bond donors (Lipinski definition) is 1. The molecule has 0 aliphatic carbocycles. The summed E-state index contributed by atoms with van der Waals surface area (Å²) in [6, 6.07) is 8.96. The van der Waals surface area contributed by atoms with Gasteiger partial charge >= 0.3 is 0 Å². The van der Waals surface area contributed by atoms with Gasteiger partial charge in [-0.2, -0.15) is 4.98 Å². The van der Waals surface area contributed by atoms with E-state index in [1.807, 2.05) is 26.0 Å². The lowest BCUT2D eigenvalue weighted by Gasteiger charge is -1.99. The average Bonchev–Trinajstić information content (AvgIpc) is 2.85. The number of pyridine rings is 1. The van der Waals surface area contributed by atoms with Crippen molar-refractivity contribution in [3.05, 3.63) is 46.7 Å². The SMILES string of the molecule is Cc1cc(-c2noc(-c3cc(N)cc(Cl)c3)n2)cc(C)n1. The number of nitrogens with two attached hydrogens (primary N) is 1. The van der Waals surface area contributed by atoms with E-state index in [-0.39, 0.29) is 0 Å². The fourth-order valence-corrected chi connectivity index (χ4v) is 2.40.